The van der Waals surface area contributed by atoms with Crippen molar-refractivity contribution >= 4 is 17.5 Å². The van der Waals surface area contributed by atoms with E-state index in [2.05, 4.69) is 0 Å². The maximum atomic E-state index is 14.1. The van der Waals surface area contributed by atoms with Crippen LogP contribution in [-0.2, 0) is 4.74 Å². The number of benzene rings is 1. The standard InChI is InChI=1S/C17H20FN3O3/c18-16-10-20(8-6-12(16)5-7-19)13-1-3-14(4-2-13)21-9-15(11-22)24-17(21)23/h1-4,12,15-16,22H,5-6,8-11H2/t12?,15-,16?/m1/s1. The average molecular weight is 333 g/mol. The van der Waals surface area contributed by atoms with Crippen LogP contribution in [0.4, 0.5) is 20.6 Å². The number of cyclic esters (lactones) is 1. The van der Waals surface area contributed by atoms with Gasteiger partial charge in [0.25, 0.3) is 0 Å². The monoisotopic (exact) mass is 333 g/mol. The normalized spacial score (nSPS) is 27.0. The number of hydrogen-bond donors (Lipinski definition) is 1. The number of halogens is 1. The van der Waals surface area contributed by atoms with E-state index >= 15 is 0 Å². The highest BCUT2D eigenvalue weighted by atomic mass is 19.1. The first-order chi connectivity index (χ1) is 11.6. The van der Waals surface area contributed by atoms with Crippen LogP contribution in [0.1, 0.15) is 12.8 Å². The second kappa shape index (κ2) is 7.05. The predicted molar refractivity (Wildman–Crippen MR) is 86.6 cm³/mol. The number of nitrogens with zero attached hydrogens (tertiary/aromatic N) is 3. The van der Waals surface area contributed by atoms with E-state index in [-0.39, 0.29) is 25.5 Å². The molecule has 7 heteroatoms. The minimum atomic E-state index is -1.00. The van der Waals surface area contributed by atoms with E-state index in [1.807, 2.05) is 23.1 Å². The number of ether oxygens (including phenoxy) is 1. The van der Waals surface area contributed by atoms with E-state index in [4.69, 9.17) is 15.1 Å². The number of nitriles is 1. The first-order valence-corrected chi connectivity index (χ1v) is 8.07. The molecule has 0 spiro atoms. The second-order valence-electron chi connectivity index (χ2n) is 6.19. The van der Waals surface area contributed by atoms with Crippen molar-refractivity contribution in [1.29, 1.82) is 5.26 Å². The van der Waals surface area contributed by atoms with Gasteiger partial charge in [0.1, 0.15) is 12.3 Å². The number of aliphatic hydroxyl groups is 1. The van der Waals surface area contributed by atoms with Gasteiger partial charge in [-0.05, 0) is 30.7 Å². The molecule has 3 atom stereocenters. The van der Waals surface area contributed by atoms with Gasteiger partial charge in [-0.1, -0.05) is 0 Å². The molecule has 1 amide bonds. The molecule has 2 fully saturated rings. The molecule has 0 aromatic heterocycles. The molecular weight excluding hydrogens is 313 g/mol. The summed E-state index contributed by atoms with van der Waals surface area (Å²) in [7, 11) is 0. The van der Waals surface area contributed by atoms with Crippen molar-refractivity contribution in [2.75, 3.05) is 36.0 Å². The predicted octanol–water partition coefficient (Wildman–Crippen LogP) is 2.08. The van der Waals surface area contributed by atoms with Gasteiger partial charge in [-0.25, -0.2) is 9.18 Å². The molecule has 2 saturated heterocycles. The Kier molecular flexibility index (Phi) is 4.86. The van der Waals surface area contributed by atoms with Gasteiger partial charge < -0.3 is 14.7 Å². The van der Waals surface area contributed by atoms with Crippen molar-refractivity contribution in [1.82, 2.24) is 0 Å². The summed E-state index contributed by atoms with van der Waals surface area (Å²) in [5.74, 6) is -0.180. The molecule has 2 aliphatic rings. The summed E-state index contributed by atoms with van der Waals surface area (Å²) in [5, 5.41) is 17.8. The molecule has 128 valence electrons. The van der Waals surface area contributed by atoms with Crippen LogP contribution in [0.15, 0.2) is 24.3 Å². The van der Waals surface area contributed by atoms with Crippen LogP contribution < -0.4 is 9.80 Å². The molecule has 0 saturated carbocycles. The number of carbonyl (C=O) groups is 1. The molecule has 1 N–H and O–H groups in total. The van der Waals surface area contributed by atoms with E-state index < -0.39 is 18.4 Å². The molecule has 0 bridgehead atoms. The highest BCUT2D eigenvalue weighted by molar-refractivity contribution is 5.90. The largest absolute Gasteiger partial charge is 0.441 e. The Morgan fingerprint density at radius 2 is 2.00 bits per heavy atom. The number of aliphatic hydroxyl groups excluding tert-OH is 1. The third-order valence-corrected chi connectivity index (χ3v) is 4.63. The highest BCUT2D eigenvalue weighted by Gasteiger charge is 2.32. The van der Waals surface area contributed by atoms with Crippen molar-refractivity contribution < 1.29 is 19.0 Å². The van der Waals surface area contributed by atoms with Gasteiger partial charge in [0, 0.05) is 36.8 Å². The Hall–Kier alpha value is -2.33. The summed E-state index contributed by atoms with van der Waals surface area (Å²) in [6.45, 7) is 1.12. The molecule has 0 aliphatic carbocycles. The lowest BCUT2D eigenvalue weighted by atomic mass is 9.92. The zero-order valence-corrected chi connectivity index (χ0v) is 13.3. The van der Waals surface area contributed by atoms with E-state index in [1.54, 1.807) is 12.1 Å². The lowest BCUT2D eigenvalue weighted by molar-refractivity contribution is 0.0963. The van der Waals surface area contributed by atoms with Crippen molar-refractivity contribution in [2.24, 2.45) is 5.92 Å². The van der Waals surface area contributed by atoms with Crippen LogP contribution in [0, 0.1) is 17.2 Å². The van der Waals surface area contributed by atoms with Crippen LogP contribution in [0.5, 0.6) is 0 Å². The maximum absolute atomic E-state index is 14.1. The summed E-state index contributed by atoms with van der Waals surface area (Å²) in [4.78, 5) is 15.2. The number of anilines is 2. The smallest absolute Gasteiger partial charge is 0.414 e. The van der Waals surface area contributed by atoms with E-state index in [1.165, 1.54) is 4.90 Å². The summed E-state index contributed by atoms with van der Waals surface area (Å²) < 4.78 is 19.2. The molecule has 1 aromatic carbocycles. The van der Waals surface area contributed by atoms with Crippen molar-refractivity contribution in [2.45, 2.75) is 25.1 Å². The number of hydrogen-bond acceptors (Lipinski definition) is 5. The first kappa shape index (κ1) is 16.5. The summed E-state index contributed by atoms with van der Waals surface area (Å²) >= 11 is 0. The van der Waals surface area contributed by atoms with E-state index in [9.17, 15) is 9.18 Å². The zero-order valence-electron chi connectivity index (χ0n) is 13.3. The van der Waals surface area contributed by atoms with Gasteiger partial charge >= 0.3 is 6.09 Å². The van der Waals surface area contributed by atoms with Crippen molar-refractivity contribution in [3.63, 3.8) is 0 Å². The van der Waals surface area contributed by atoms with Gasteiger partial charge in [0.05, 0.1) is 19.2 Å². The fraction of sp³-hybridized carbons (Fsp3) is 0.529. The molecule has 2 aliphatic heterocycles. The maximum Gasteiger partial charge on any atom is 0.414 e. The van der Waals surface area contributed by atoms with Gasteiger partial charge in [-0.15, -0.1) is 0 Å². The van der Waals surface area contributed by atoms with E-state index in [0.717, 1.165) is 5.69 Å². The Morgan fingerprint density at radius 1 is 1.29 bits per heavy atom. The first-order valence-electron chi connectivity index (χ1n) is 8.07. The number of piperidine rings is 1. The minimum Gasteiger partial charge on any atom is -0.441 e. The van der Waals surface area contributed by atoms with Crippen LogP contribution in [0.2, 0.25) is 0 Å². The fourth-order valence-electron chi connectivity index (χ4n) is 3.21. The zero-order chi connectivity index (χ0) is 17.1. The third kappa shape index (κ3) is 3.29. The van der Waals surface area contributed by atoms with E-state index in [0.29, 0.717) is 25.2 Å². The topological polar surface area (TPSA) is 76.8 Å². The van der Waals surface area contributed by atoms with Crippen LogP contribution in [-0.4, -0.2) is 49.7 Å². The lowest BCUT2D eigenvalue weighted by Gasteiger charge is -2.35. The Morgan fingerprint density at radius 3 is 2.58 bits per heavy atom. The number of alkyl halides is 1. The molecule has 0 radical (unpaired) electrons. The number of rotatable bonds is 4. The van der Waals surface area contributed by atoms with Gasteiger partial charge in [-0.3, -0.25) is 4.90 Å². The van der Waals surface area contributed by atoms with Crippen LogP contribution in [0.25, 0.3) is 0 Å². The number of amides is 1. The minimum absolute atomic E-state index is 0.180. The Bertz CT molecular complexity index is 631. The summed E-state index contributed by atoms with van der Waals surface area (Å²) in [5.41, 5.74) is 1.58. The van der Waals surface area contributed by atoms with Gasteiger partial charge in [0.2, 0.25) is 0 Å². The summed E-state index contributed by atoms with van der Waals surface area (Å²) in [6, 6.07) is 9.35. The molecule has 24 heavy (non-hydrogen) atoms. The summed E-state index contributed by atoms with van der Waals surface area (Å²) in [6.07, 6.45) is -1.05. The average Bonchev–Trinajstić information content (AvgIpc) is 2.98. The highest BCUT2D eigenvalue weighted by Crippen LogP contribution is 2.29. The molecule has 2 heterocycles. The molecule has 1 aromatic rings. The van der Waals surface area contributed by atoms with Crippen molar-refractivity contribution in [3.05, 3.63) is 24.3 Å². The Balaban J connectivity index is 1.65. The molecular formula is C17H20FN3O3. The quantitative estimate of drug-likeness (QED) is 0.913. The third-order valence-electron chi connectivity index (χ3n) is 4.63. The van der Waals surface area contributed by atoms with Gasteiger partial charge in [0.15, 0.2) is 0 Å². The van der Waals surface area contributed by atoms with Crippen LogP contribution in [0.3, 0.4) is 0 Å². The van der Waals surface area contributed by atoms with Crippen molar-refractivity contribution in [3.8, 4) is 6.07 Å². The second-order valence-corrected chi connectivity index (χ2v) is 6.19. The molecule has 2 unspecified atom stereocenters. The molecule has 3 rings (SSSR count). The SMILES string of the molecule is N#CCC1CCN(c2ccc(N3C[C@H](CO)OC3=O)cc2)CC1F. The lowest BCUT2D eigenvalue weighted by Crippen LogP contribution is -2.41. The van der Waals surface area contributed by atoms with Gasteiger partial charge in [-0.2, -0.15) is 5.26 Å². The molecule has 6 nitrogen and oxygen atoms in total. The van der Waals surface area contributed by atoms with Crippen LogP contribution >= 0.6 is 0 Å². The number of carbonyl (C=O) groups excluding carboxylic acids is 1. The Labute approximate surface area is 140 Å². The fourth-order valence-corrected chi connectivity index (χ4v) is 3.21.